The molecule has 2 aromatic rings. The fourth-order valence-electron chi connectivity index (χ4n) is 2.18. The molecule has 1 saturated carbocycles. The van der Waals surface area contributed by atoms with Crippen molar-refractivity contribution in [2.45, 2.75) is 32.4 Å². The zero-order valence-electron chi connectivity index (χ0n) is 10.1. The van der Waals surface area contributed by atoms with E-state index in [0.717, 1.165) is 34.8 Å². The van der Waals surface area contributed by atoms with Crippen molar-refractivity contribution in [3.05, 3.63) is 34.6 Å². The minimum Gasteiger partial charge on any atom is -0.388 e. The van der Waals surface area contributed by atoms with Crippen LogP contribution in [0.5, 0.6) is 0 Å². The van der Waals surface area contributed by atoms with E-state index in [9.17, 15) is 5.11 Å². The summed E-state index contributed by atoms with van der Waals surface area (Å²) >= 11 is 6.15. The molecule has 1 aliphatic carbocycles. The van der Waals surface area contributed by atoms with Crippen LogP contribution in [0.3, 0.4) is 0 Å². The Hall–Kier alpha value is -1.39. The first-order valence-electron chi connectivity index (χ1n) is 6.02. The molecule has 1 fully saturated rings. The summed E-state index contributed by atoms with van der Waals surface area (Å²) in [5.74, 6) is 1.44. The Morgan fingerprint density at radius 3 is 2.83 bits per heavy atom. The van der Waals surface area contributed by atoms with E-state index < -0.39 is 0 Å². The van der Waals surface area contributed by atoms with Crippen molar-refractivity contribution in [3.63, 3.8) is 0 Å². The lowest BCUT2D eigenvalue weighted by Crippen LogP contribution is -2.04. The third-order valence-electron chi connectivity index (χ3n) is 3.33. The number of halogens is 1. The van der Waals surface area contributed by atoms with Crippen LogP contribution in [0.15, 0.2) is 18.2 Å². The number of aliphatic hydroxyl groups is 1. The predicted octanol–water partition coefficient (Wildman–Crippen LogP) is 2.73. The van der Waals surface area contributed by atoms with E-state index in [4.69, 9.17) is 11.6 Å². The summed E-state index contributed by atoms with van der Waals surface area (Å²) in [5, 5.41) is 18.3. The molecule has 18 heavy (non-hydrogen) atoms. The second-order valence-corrected chi connectivity index (χ2v) is 5.02. The molecule has 1 heterocycles. The molecule has 1 aromatic carbocycles. The quantitative estimate of drug-likeness (QED) is 0.926. The van der Waals surface area contributed by atoms with Crippen molar-refractivity contribution in [1.82, 2.24) is 14.8 Å². The minimum atomic E-state index is -0.0802. The summed E-state index contributed by atoms with van der Waals surface area (Å²) < 4.78 is 2.04. The van der Waals surface area contributed by atoms with E-state index in [1.54, 1.807) is 0 Å². The van der Waals surface area contributed by atoms with Gasteiger partial charge in [0.2, 0.25) is 0 Å². The number of hydrogen-bond acceptors (Lipinski definition) is 3. The van der Waals surface area contributed by atoms with Gasteiger partial charge in [-0.25, -0.2) is 0 Å². The highest BCUT2D eigenvalue weighted by Gasteiger charge is 2.30. The number of aliphatic hydroxyl groups excluding tert-OH is 1. The molecule has 5 heteroatoms. The van der Waals surface area contributed by atoms with Gasteiger partial charge < -0.3 is 9.67 Å². The second kappa shape index (κ2) is 4.37. The summed E-state index contributed by atoms with van der Waals surface area (Å²) in [4.78, 5) is 0. The lowest BCUT2D eigenvalue weighted by Gasteiger charge is -2.10. The molecular weight excluding hydrogens is 250 g/mol. The molecule has 0 unspecified atom stereocenters. The lowest BCUT2D eigenvalue weighted by atomic mass is 10.1. The van der Waals surface area contributed by atoms with E-state index in [0.29, 0.717) is 11.9 Å². The first-order valence-corrected chi connectivity index (χ1v) is 6.40. The van der Waals surface area contributed by atoms with Gasteiger partial charge in [0.25, 0.3) is 0 Å². The average molecular weight is 264 g/mol. The number of nitrogens with zero attached hydrogens (tertiary/aromatic N) is 3. The van der Waals surface area contributed by atoms with Gasteiger partial charge in [-0.1, -0.05) is 23.7 Å². The van der Waals surface area contributed by atoms with E-state index >= 15 is 0 Å². The van der Waals surface area contributed by atoms with Gasteiger partial charge >= 0.3 is 0 Å². The maximum absolute atomic E-state index is 9.33. The Bertz CT molecular complexity index is 590. The maximum Gasteiger partial charge on any atom is 0.164 e. The van der Waals surface area contributed by atoms with Crippen molar-refractivity contribution in [2.24, 2.45) is 0 Å². The van der Waals surface area contributed by atoms with Gasteiger partial charge in [-0.3, -0.25) is 0 Å². The molecule has 1 N–H and O–H groups in total. The van der Waals surface area contributed by atoms with Crippen molar-refractivity contribution in [2.75, 3.05) is 0 Å². The van der Waals surface area contributed by atoms with Crippen molar-refractivity contribution >= 4 is 11.6 Å². The Labute approximate surface area is 110 Å². The normalized spacial score (nSPS) is 15.1. The van der Waals surface area contributed by atoms with Crippen molar-refractivity contribution in [1.29, 1.82) is 0 Å². The molecule has 94 valence electrons. The molecule has 4 nitrogen and oxygen atoms in total. The van der Waals surface area contributed by atoms with Crippen LogP contribution in [-0.4, -0.2) is 19.9 Å². The molecule has 1 aromatic heterocycles. The van der Waals surface area contributed by atoms with E-state index in [2.05, 4.69) is 10.2 Å². The first kappa shape index (κ1) is 11.7. The van der Waals surface area contributed by atoms with E-state index in [1.165, 1.54) is 0 Å². The topological polar surface area (TPSA) is 50.9 Å². The summed E-state index contributed by atoms with van der Waals surface area (Å²) in [6.45, 7) is 1.89. The number of hydrogen-bond donors (Lipinski definition) is 1. The van der Waals surface area contributed by atoms with Gasteiger partial charge in [0.15, 0.2) is 11.6 Å². The smallest absolute Gasteiger partial charge is 0.164 e. The predicted molar refractivity (Wildman–Crippen MR) is 69.4 cm³/mol. The highest BCUT2D eigenvalue weighted by atomic mass is 35.5. The molecule has 0 saturated heterocycles. The molecule has 3 rings (SSSR count). The van der Waals surface area contributed by atoms with Gasteiger partial charge in [-0.05, 0) is 31.4 Å². The lowest BCUT2D eigenvalue weighted by molar-refractivity contribution is 0.265. The van der Waals surface area contributed by atoms with Crippen molar-refractivity contribution in [3.8, 4) is 11.4 Å². The summed E-state index contributed by atoms with van der Waals surface area (Å²) in [6, 6.07) is 6.20. The van der Waals surface area contributed by atoms with Gasteiger partial charge in [0, 0.05) is 16.6 Å². The van der Waals surface area contributed by atoms with Crippen LogP contribution in [0.1, 0.15) is 30.3 Å². The summed E-state index contributed by atoms with van der Waals surface area (Å²) in [6.07, 6.45) is 2.25. The highest BCUT2D eigenvalue weighted by Crippen LogP contribution is 2.40. The Balaban J connectivity index is 2.17. The standard InChI is InChI=1S/C13H14ClN3O/c1-8-10(3-2-4-11(8)14)13-16-15-12(7-18)17(13)9-5-6-9/h2-4,9,18H,5-7H2,1H3. The zero-order valence-corrected chi connectivity index (χ0v) is 10.9. The van der Waals surface area contributed by atoms with Crippen LogP contribution in [0.25, 0.3) is 11.4 Å². The number of rotatable bonds is 3. The van der Waals surface area contributed by atoms with Crippen LogP contribution < -0.4 is 0 Å². The molecule has 1 aliphatic rings. The number of benzene rings is 1. The third kappa shape index (κ3) is 1.82. The minimum absolute atomic E-state index is 0.0802. The van der Waals surface area contributed by atoms with Gasteiger partial charge in [0.05, 0.1) is 0 Å². The molecule has 0 bridgehead atoms. The van der Waals surface area contributed by atoms with Crippen LogP contribution in [0.4, 0.5) is 0 Å². The third-order valence-corrected chi connectivity index (χ3v) is 3.74. The molecule has 0 atom stereocenters. The Morgan fingerprint density at radius 1 is 1.39 bits per heavy atom. The fraction of sp³-hybridized carbons (Fsp3) is 0.385. The first-order chi connectivity index (χ1) is 8.72. The molecule has 0 amide bonds. The van der Waals surface area contributed by atoms with Gasteiger partial charge in [0.1, 0.15) is 6.61 Å². The Kier molecular flexibility index (Phi) is 2.84. The zero-order chi connectivity index (χ0) is 12.7. The monoisotopic (exact) mass is 263 g/mol. The van der Waals surface area contributed by atoms with E-state index in [-0.39, 0.29) is 6.61 Å². The van der Waals surface area contributed by atoms with Gasteiger partial charge in [-0.15, -0.1) is 10.2 Å². The van der Waals surface area contributed by atoms with Crippen LogP contribution in [-0.2, 0) is 6.61 Å². The average Bonchev–Trinajstić information content (AvgIpc) is 3.12. The van der Waals surface area contributed by atoms with E-state index in [1.807, 2.05) is 29.7 Å². The molecule has 0 spiro atoms. The van der Waals surface area contributed by atoms with Crippen LogP contribution >= 0.6 is 11.6 Å². The van der Waals surface area contributed by atoms with Crippen molar-refractivity contribution < 1.29 is 5.11 Å². The Morgan fingerprint density at radius 2 is 2.17 bits per heavy atom. The van der Waals surface area contributed by atoms with Crippen LogP contribution in [0, 0.1) is 6.92 Å². The number of aromatic nitrogens is 3. The SMILES string of the molecule is Cc1c(Cl)cccc1-c1nnc(CO)n1C1CC1. The largest absolute Gasteiger partial charge is 0.388 e. The summed E-state index contributed by atoms with van der Waals surface area (Å²) in [5.41, 5.74) is 1.99. The van der Waals surface area contributed by atoms with Gasteiger partial charge in [-0.2, -0.15) is 0 Å². The maximum atomic E-state index is 9.33. The highest BCUT2D eigenvalue weighted by molar-refractivity contribution is 6.31. The summed E-state index contributed by atoms with van der Waals surface area (Å²) in [7, 11) is 0. The fourth-order valence-corrected chi connectivity index (χ4v) is 2.36. The van der Waals surface area contributed by atoms with Crippen LogP contribution in [0.2, 0.25) is 5.02 Å². The molecule has 0 radical (unpaired) electrons. The molecule has 0 aliphatic heterocycles. The molecular formula is C13H14ClN3O. The second-order valence-electron chi connectivity index (χ2n) is 4.61.